The van der Waals surface area contributed by atoms with E-state index in [1.165, 1.54) is 18.5 Å². The number of halogens is 1. The molecule has 2 N–H and O–H groups in total. The maximum absolute atomic E-state index is 11.7. The molecule has 1 amide bonds. The molecule has 16 heavy (non-hydrogen) atoms. The number of rotatable bonds is 4. The number of hydrogen-bond donors (Lipinski definition) is 2. The summed E-state index contributed by atoms with van der Waals surface area (Å²) in [6.45, 7) is 0.545. The van der Waals surface area contributed by atoms with Crippen molar-refractivity contribution in [1.29, 1.82) is 0 Å². The highest BCUT2D eigenvalue weighted by Gasteiger charge is 2.41. The molecule has 0 bridgehead atoms. The first-order valence-electron chi connectivity index (χ1n) is 5.18. The molecule has 0 atom stereocenters. The zero-order valence-corrected chi connectivity index (χ0v) is 9.51. The minimum atomic E-state index is -0.335. The number of amides is 1. The maximum Gasteiger partial charge on any atom is 0.256 e. The van der Waals surface area contributed by atoms with Crippen LogP contribution in [0.1, 0.15) is 23.2 Å². The van der Waals surface area contributed by atoms with E-state index in [-0.39, 0.29) is 22.3 Å². The molecule has 0 saturated heterocycles. The van der Waals surface area contributed by atoms with E-state index in [4.69, 9.17) is 11.6 Å². The van der Waals surface area contributed by atoms with Crippen LogP contribution >= 0.6 is 11.6 Å². The Morgan fingerprint density at radius 3 is 2.88 bits per heavy atom. The summed E-state index contributed by atoms with van der Waals surface area (Å²) >= 11 is 5.80. The number of aromatic nitrogens is 1. The van der Waals surface area contributed by atoms with Gasteiger partial charge >= 0.3 is 0 Å². The van der Waals surface area contributed by atoms with Gasteiger partial charge in [0.1, 0.15) is 5.56 Å². The average Bonchev–Trinajstić information content (AvgIpc) is 3.07. The fraction of sp³-hybridized carbons (Fsp3) is 0.455. The van der Waals surface area contributed by atoms with Crippen LogP contribution in [0.2, 0.25) is 0 Å². The van der Waals surface area contributed by atoms with Crippen molar-refractivity contribution in [3.63, 3.8) is 0 Å². The highest BCUT2D eigenvalue weighted by atomic mass is 35.5. The standard InChI is InChI=1S/C11H13ClN2O2/c12-6-11(2-3-11)7-14-10(16)8-5-13-4-1-9(8)15/h1,4-5H,2-3,6-7H2,(H,13,15)(H,14,16). The molecule has 0 radical (unpaired) electrons. The summed E-state index contributed by atoms with van der Waals surface area (Å²) in [6, 6.07) is 1.34. The molecule has 2 rings (SSSR count). The van der Waals surface area contributed by atoms with Gasteiger partial charge in [-0.2, -0.15) is 0 Å². The van der Waals surface area contributed by atoms with Crippen LogP contribution in [0, 0.1) is 5.41 Å². The van der Waals surface area contributed by atoms with Gasteiger partial charge < -0.3 is 10.3 Å². The fourth-order valence-corrected chi connectivity index (χ4v) is 1.85. The first-order chi connectivity index (χ1) is 7.67. The van der Waals surface area contributed by atoms with Crippen LogP contribution in [0.15, 0.2) is 23.3 Å². The van der Waals surface area contributed by atoms with Gasteiger partial charge in [0.2, 0.25) is 0 Å². The summed E-state index contributed by atoms with van der Waals surface area (Å²) in [5.41, 5.74) is -0.0569. The second-order valence-corrected chi connectivity index (χ2v) is 4.51. The van der Waals surface area contributed by atoms with Gasteiger partial charge in [-0.15, -0.1) is 11.6 Å². The van der Waals surface area contributed by atoms with Crippen molar-refractivity contribution in [2.24, 2.45) is 5.41 Å². The van der Waals surface area contributed by atoms with E-state index >= 15 is 0 Å². The molecule has 4 nitrogen and oxygen atoms in total. The minimum Gasteiger partial charge on any atom is -0.367 e. The lowest BCUT2D eigenvalue weighted by Gasteiger charge is -2.11. The molecule has 1 fully saturated rings. The van der Waals surface area contributed by atoms with Crippen molar-refractivity contribution >= 4 is 17.5 Å². The summed E-state index contributed by atoms with van der Waals surface area (Å²) in [7, 11) is 0. The Bertz CT molecular complexity index is 451. The van der Waals surface area contributed by atoms with Crippen LogP contribution in [-0.4, -0.2) is 23.3 Å². The Hall–Kier alpha value is -1.29. The topological polar surface area (TPSA) is 62.0 Å². The third-order valence-corrected chi connectivity index (χ3v) is 3.50. The summed E-state index contributed by atoms with van der Waals surface area (Å²) in [5, 5.41) is 2.75. The Morgan fingerprint density at radius 1 is 1.56 bits per heavy atom. The molecule has 0 aliphatic heterocycles. The van der Waals surface area contributed by atoms with Crippen LogP contribution in [0.25, 0.3) is 0 Å². The van der Waals surface area contributed by atoms with Crippen molar-refractivity contribution in [1.82, 2.24) is 10.3 Å². The molecule has 1 aromatic heterocycles. The third kappa shape index (κ3) is 2.27. The van der Waals surface area contributed by atoms with E-state index in [1.807, 2.05) is 0 Å². The largest absolute Gasteiger partial charge is 0.367 e. The minimum absolute atomic E-state index is 0.0682. The predicted octanol–water partition coefficient (Wildman–Crippen LogP) is 1.12. The number of pyridine rings is 1. The van der Waals surface area contributed by atoms with E-state index in [2.05, 4.69) is 10.3 Å². The van der Waals surface area contributed by atoms with E-state index in [1.54, 1.807) is 0 Å². The first-order valence-corrected chi connectivity index (χ1v) is 5.72. The lowest BCUT2D eigenvalue weighted by Crippen LogP contribution is -2.33. The van der Waals surface area contributed by atoms with Gasteiger partial charge in [0.05, 0.1) is 0 Å². The van der Waals surface area contributed by atoms with Crippen molar-refractivity contribution in [3.05, 3.63) is 34.2 Å². The number of carbonyl (C=O) groups is 1. The monoisotopic (exact) mass is 240 g/mol. The van der Waals surface area contributed by atoms with Gasteiger partial charge in [0.25, 0.3) is 5.91 Å². The molecule has 1 aliphatic carbocycles. The highest BCUT2D eigenvalue weighted by molar-refractivity contribution is 6.18. The Morgan fingerprint density at radius 2 is 2.31 bits per heavy atom. The second kappa shape index (κ2) is 4.29. The molecular weight excluding hydrogens is 228 g/mol. The van der Waals surface area contributed by atoms with Gasteiger partial charge in [-0.3, -0.25) is 9.59 Å². The van der Waals surface area contributed by atoms with Crippen molar-refractivity contribution in [2.75, 3.05) is 12.4 Å². The third-order valence-electron chi connectivity index (χ3n) is 2.93. The zero-order chi connectivity index (χ0) is 11.6. The van der Waals surface area contributed by atoms with Crippen LogP contribution in [0.5, 0.6) is 0 Å². The molecule has 1 aromatic rings. The molecule has 0 aromatic carbocycles. The van der Waals surface area contributed by atoms with E-state index in [0.717, 1.165) is 12.8 Å². The van der Waals surface area contributed by atoms with Gasteiger partial charge in [-0.1, -0.05) is 0 Å². The van der Waals surface area contributed by atoms with E-state index in [9.17, 15) is 9.59 Å². The lowest BCUT2D eigenvalue weighted by atomic mass is 10.1. The molecule has 0 spiro atoms. The highest BCUT2D eigenvalue weighted by Crippen LogP contribution is 2.45. The average molecular weight is 241 g/mol. The number of H-pyrrole nitrogens is 1. The number of alkyl halides is 1. The number of aromatic amines is 1. The van der Waals surface area contributed by atoms with Crippen molar-refractivity contribution in [2.45, 2.75) is 12.8 Å². The predicted molar refractivity (Wildman–Crippen MR) is 61.8 cm³/mol. The summed E-state index contributed by atoms with van der Waals surface area (Å²) in [5.74, 6) is 0.219. The van der Waals surface area contributed by atoms with Gasteiger partial charge in [0, 0.05) is 36.3 Å². The molecule has 86 valence electrons. The molecular formula is C11H13ClN2O2. The Balaban J connectivity index is 1.99. The number of carbonyl (C=O) groups excluding carboxylic acids is 1. The SMILES string of the molecule is O=C(NCC1(CCl)CC1)c1c[nH]ccc1=O. The quantitative estimate of drug-likeness (QED) is 0.775. The molecule has 5 heteroatoms. The molecule has 1 aliphatic rings. The number of nitrogens with one attached hydrogen (secondary N) is 2. The first kappa shape index (κ1) is 11.2. The molecule has 0 unspecified atom stereocenters. The molecule has 1 saturated carbocycles. The molecule has 1 heterocycles. The number of hydrogen-bond acceptors (Lipinski definition) is 2. The van der Waals surface area contributed by atoms with Crippen molar-refractivity contribution in [3.8, 4) is 0 Å². The van der Waals surface area contributed by atoms with Gasteiger partial charge in [-0.05, 0) is 12.8 Å². The lowest BCUT2D eigenvalue weighted by molar-refractivity contribution is 0.0945. The fourth-order valence-electron chi connectivity index (χ4n) is 1.49. The summed E-state index contributed by atoms with van der Waals surface area (Å²) < 4.78 is 0. The van der Waals surface area contributed by atoms with E-state index in [0.29, 0.717) is 12.4 Å². The summed E-state index contributed by atoms with van der Waals surface area (Å²) in [6.07, 6.45) is 5.00. The normalized spacial score (nSPS) is 16.8. The smallest absolute Gasteiger partial charge is 0.256 e. The van der Waals surface area contributed by atoms with E-state index < -0.39 is 0 Å². The Labute approximate surface area is 98.0 Å². The van der Waals surface area contributed by atoms with Crippen LogP contribution in [0.3, 0.4) is 0 Å². The Kier molecular flexibility index (Phi) is 3.01. The van der Waals surface area contributed by atoms with Gasteiger partial charge in [-0.25, -0.2) is 0 Å². The second-order valence-electron chi connectivity index (χ2n) is 4.24. The maximum atomic E-state index is 11.7. The van der Waals surface area contributed by atoms with Crippen LogP contribution in [-0.2, 0) is 0 Å². The van der Waals surface area contributed by atoms with Crippen LogP contribution < -0.4 is 10.7 Å². The zero-order valence-electron chi connectivity index (χ0n) is 8.75. The van der Waals surface area contributed by atoms with Crippen molar-refractivity contribution < 1.29 is 4.79 Å². The van der Waals surface area contributed by atoms with Crippen LogP contribution in [0.4, 0.5) is 0 Å². The summed E-state index contributed by atoms with van der Waals surface area (Å²) in [4.78, 5) is 25.8. The van der Waals surface area contributed by atoms with Gasteiger partial charge in [0.15, 0.2) is 5.43 Å².